The fourth-order valence-corrected chi connectivity index (χ4v) is 1.38. The number of Topliss-reactive ketones (excluding diaryl/α,β-unsaturated/α-hetero) is 1. The number of carboxylic acid groups (broad SMARTS) is 1. The lowest BCUT2D eigenvalue weighted by Gasteiger charge is -2.05. The maximum absolute atomic E-state index is 11.7. The third-order valence-electron chi connectivity index (χ3n) is 2.52. The number of aromatic carboxylic acids is 1. The standard InChI is InChI=1S/C14H12O7/c1-8(7-15)11(16)6-12(17)21-14(20)10-5-3-2-4-9(10)13(18)19/h2-5,7,15H,6H2,1H3,(H,18,19). The molecule has 7 nitrogen and oxygen atoms in total. The smallest absolute Gasteiger partial charge is 0.346 e. The molecule has 7 heteroatoms. The van der Waals surface area contributed by atoms with Crippen LogP contribution in [0.15, 0.2) is 36.1 Å². The van der Waals surface area contributed by atoms with Crippen LogP contribution in [-0.2, 0) is 14.3 Å². The zero-order chi connectivity index (χ0) is 16.0. The average Bonchev–Trinajstić information content (AvgIpc) is 2.45. The van der Waals surface area contributed by atoms with Crippen LogP contribution in [0, 0.1) is 0 Å². The topological polar surface area (TPSA) is 118 Å². The summed E-state index contributed by atoms with van der Waals surface area (Å²) in [7, 11) is 0. The van der Waals surface area contributed by atoms with E-state index in [1.54, 1.807) is 0 Å². The number of carbonyl (C=O) groups is 4. The zero-order valence-electron chi connectivity index (χ0n) is 11.0. The Morgan fingerprint density at radius 2 is 1.71 bits per heavy atom. The van der Waals surface area contributed by atoms with E-state index in [1.165, 1.54) is 31.2 Å². The Bertz CT molecular complexity index is 628. The van der Waals surface area contributed by atoms with Crippen molar-refractivity contribution in [3.8, 4) is 0 Å². The van der Waals surface area contributed by atoms with Crippen molar-refractivity contribution in [2.45, 2.75) is 13.3 Å². The van der Waals surface area contributed by atoms with E-state index in [-0.39, 0.29) is 16.7 Å². The Balaban J connectivity index is 2.81. The number of benzene rings is 1. The summed E-state index contributed by atoms with van der Waals surface area (Å²) in [5, 5.41) is 17.5. The number of aliphatic hydroxyl groups excluding tert-OH is 1. The van der Waals surface area contributed by atoms with Gasteiger partial charge >= 0.3 is 17.9 Å². The van der Waals surface area contributed by atoms with Crippen molar-refractivity contribution in [3.05, 3.63) is 47.2 Å². The molecular formula is C14H12O7. The summed E-state index contributed by atoms with van der Waals surface area (Å²) in [6, 6.07) is 5.21. The maximum atomic E-state index is 11.7. The van der Waals surface area contributed by atoms with E-state index in [4.69, 9.17) is 10.2 Å². The predicted octanol–water partition coefficient (Wildman–Crippen LogP) is 1.49. The van der Waals surface area contributed by atoms with Gasteiger partial charge in [-0.3, -0.25) is 9.59 Å². The number of rotatable bonds is 5. The van der Waals surface area contributed by atoms with Gasteiger partial charge in [-0.25, -0.2) is 9.59 Å². The summed E-state index contributed by atoms with van der Waals surface area (Å²) >= 11 is 0. The second-order valence-corrected chi connectivity index (χ2v) is 4.02. The third kappa shape index (κ3) is 4.27. The van der Waals surface area contributed by atoms with Crippen LogP contribution >= 0.6 is 0 Å². The van der Waals surface area contributed by atoms with Crippen LogP contribution in [0.1, 0.15) is 34.1 Å². The molecule has 21 heavy (non-hydrogen) atoms. The third-order valence-corrected chi connectivity index (χ3v) is 2.52. The summed E-state index contributed by atoms with van der Waals surface area (Å²) in [5.41, 5.74) is -0.668. The van der Waals surface area contributed by atoms with Crippen LogP contribution in [0.4, 0.5) is 0 Å². The quantitative estimate of drug-likeness (QED) is 0.365. The summed E-state index contributed by atoms with van der Waals surface area (Å²) in [4.78, 5) is 45.4. The Labute approximate surface area is 119 Å². The molecule has 1 aromatic carbocycles. The molecule has 0 unspecified atom stereocenters. The number of ether oxygens (including phenoxy) is 1. The van der Waals surface area contributed by atoms with Gasteiger partial charge in [0.2, 0.25) is 0 Å². The first-order valence-electron chi connectivity index (χ1n) is 5.78. The van der Waals surface area contributed by atoms with Crippen LogP contribution in [0.2, 0.25) is 0 Å². The number of carboxylic acids is 1. The van der Waals surface area contributed by atoms with E-state index in [0.717, 1.165) is 0 Å². The fraction of sp³-hybridized carbons (Fsp3) is 0.143. The minimum atomic E-state index is -1.34. The Hall–Kier alpha value is -2.96. The van der Waals surface area contributed by atoms with Gasteiger partial charge in [-0.05, 0) is 19.1 Å². The van der Waals surface area contributed by atoms with E-state index in [9.17, 15) is 19.2 Å². The number of hydrogen-bond acceptors (Lipinski definition) is 6. The van der Waals surface area contributed by atoms with E-state index in [2.05, 4.69) is 4.74 Å². The molecule has 0 atom stereocenters. The van der Waals surface area contributed by atoms with Crippen LogP contribution in [0.25, 0.3) is 0 Å². The first kappa shape index (κ1) is 16.1. The van der Waals surface area contributed by atoms with Crippen LogP contribution in [0.5, 0.6) is 0 Å². The molecule has 0 aromatic heterocycles. The number of aliphatic hydroxyl groups is 1. The monoisotopic (exact) mass is 292 g/mol. The molecule has 0 fully saturated rings. The van der Waals surface area contributed by atoms with Crippen LogP contribution < -0.4 is 0 Å². The second-order valence-electron chi connectivity index (χ2n) is 4.02. The van der Waals surface area contributed by atoms with Crippen molar-refractivity contribution in [1.82, 2.24) is 0 Å². The molecule has 0 saturated carbocycles. The number of allylic oxidation sites excluding steroid dienone is 1. The highest BCUT2D eigenvalue weighted by molar-refractivity contribution is 6.10. The van der Waals surface area contributed by atoms with Gasteiger partial charge in [0.15, 0.2) is 5.78 Å². The normalized spacial score (nSPS) is 10.8. The molecule has 0 aliphatic rings. The molecule has 0 radical (unpaired) electrons. The van der Waals surface area contributed by atoms with Gasteiger partial charge in [0.05, 0.1) is 17.4 Å². The van der Waals surface area contributed by atoms with Crippen molar-refractivity contribution in [2.24, 2.45) is 0 Å². The van der Waals surface area contributed by atoms with Crippen LogP contribution in [0.3, 0.4) is 0 Å². The molecule has 0 bridgehead atoms. The summed E-state index contributed by atoms with van der Waals surface area (Å²) < 4.78 is 4.42. The highest BCUT2D eigenvalue weighted by Gasteiger charge is 2.21. The van der Waals surface area contributed by atoms with Gasteiger partial charge in [0.25, 0.3) is 0 Å². The molecule has 1 aromatic rings. The Morgan fingerprint density at radius 1 is 1.14 bits per heavy atom. The zero-order valence-corrected chi connectivity index (χ0v) is 11.0. The second kappa shape index (κ2) is 6.99. The number of hydrogen-bond donors (Lipinski definition) is 2. The van der Waals surface area contributed by atoms with E-state index >= 15 is 0 Å². The van der Waals surface area contributed by atoms with Crippen molar-refractivity contribution in [2.75, 3.05) is 0 Å². The maximum Gasteiger partial charge on any atom is 0.346 e. The molecule has 0 spiro atoms. The molecule has 0 aliphatic heterocycles. The highest BCUT2D eigenvalue weighted by Crippen LogP contribution is 2.11. The van der Waals surface area contributed by atoms with Crippen molar-refractivity contribution < 1.29 is 34.1 Å². The van der Waals surface area contributed by atoms with E-state index < -0.39 is 30.1 Å². The average molecular weight is 292 g/mol. The molecule has 2 N–H and O–H groups in total. The molecular weight excluding hydrogens is 280 g/mol. The largest absolute Gasteiger partial charge is 0.515 e. The molecule has 0 heterocycles. The SMILES string of the molecule is CC(=CO)C(=O)CC(=O)OC(=O)c1ccccc1C(=O)O. The fourth-order valence-electron chi connectivity index (χ4n) is 1.38. The predicted molar refractivity (Wildman–Crippen MR) is 69.8 cm³/mol. The lowest BCUT2D eigenvalue weighted by molar-refractivity contribution is -0.140. The number of esters is 2. The number of carbonyl (C=O) groups excluding carboxylic acids is 3. The van der Waals surface area contributed by atoms with Crippen molar-refractivity contribution >= 4 is 23.7 Å². The molecule has 1 rings (SSSR count). The van der Waals surface area contributed by atoms with Crippen LogP contribution in [-0.4, -0.2) is 33.9 Å². The molecule has 0 saturated heterocycles. The lowest BCUT2D eigenvalue weighted by atomic mass is 10.1. The summed E-state index contributed by atoms with van der Waals surface area (Å²) in [6.45, 7) is 1.29. The van der Waals surface area contributed by atoms with E-state index in [1.807, 2.05) is 0 Å². The number of ketones is 1. The Kier molecular flexibility index (Phi) is 5.36. The summed E-state index contributed by atoms with van der Waals surface area (Å²) in [5.74, 6) is -4.34. The highest BCUT2D eigenvalue weighted by atomic mass is 16.6. The van der Waals surface area contributed by atoms with E-state index in [0.29, 0.717) is 6.26 Å². The van der Waals surface area contributed by atoms with Gasteiger partial charge < -0.3 is 14.9 Å². The van der Waals surface area contributed by atoms with Gasteiger partial charge in [0, 0.05) is 5.57 Å². The van der Waals surface area contributed by atoms with Gasteiger partial charge in [-0.1, -0.05) is 12.1 Å². The minimum Gasteiger partial charge on any atom is -0.515 e. The molecule has 110 valence electrons. The first-order valence-corrected chi connectivity index (χ1v) is 5.78. The lowest BCUT2D eigenvalue weighted by Crippen LogP contribution is -2.18. The molecule has 0 amide bonds. The summed E-state index contributed by atoms with van der Waals surface area (Å²) in [6.07, 6.45) is -0.193. The molecule has 0 aliphatic carbocycles. The van der Waals surface area contributed by atoms with Crippen molar-refractivity contribution in [3.63, 3.8) is 0 Å². The Morgan fingerprint density at radius 3 is 2.24 bits per heavy atom. The first-order chi connectivity index (χ1) is 9.86. The van der Waals surface area contributed by atoms with Gasteiger partial charge in [-0.15, -0.1) is 0 Å². The van der Waals surface area contributed by atoms with Gasteiger partial charge in [-0.2, -0.15) is 0 Å². The van der Waals surface area contributed by atoms with Crippen molar-refractivity contribution in [1.29, 1.82) is 0 Å². The van der Waals surface area contributed by atoms with Gasteiger partial charge in [0.1, 0.15) is 6.42 Å². The minimum absolute atomic E-state index is 0.0645.